The summed E-state index contributed by atoms with van der Waals surface area (Å²) in [6.07, 6.45) is 1.42. The Balaban J connectivity index is 1.63. The largest absolute Gasteiger partial charge is 0.462 e. The van der Waals surface area contributed by atoms with Crippen molar-refractivity contribution in [2.45, 2.75) is 31.6 Å². The molecule has 3 rings (SSSR count). The predicted octanol–water partition coefficient (Wildman–Crippen LogP) is 3.29. The Bertz CT molecular complexity index is 900. The summed E-state index contributed by atoms with van der Waals surface area (Å²) in [4.78, 5) is 12.0. The molecule has 138 valence electrons. The quantitative estimate of drug-likeness (QED) is 0.573. The highest BCUT2D eigenvalue weighted by atomic mass is 32.2. The molecule has 0 saturated heterocycles. The first kappa shape index (κ1) is 18.6. The number of hydrogen-bond donors (Lipinski definition) is 0. The van der Waals surface area contributed by atoms with Crippen LogP contribution in [0, 0.1) is 12.8 Å². The van der Waals surface area contributed by atoms with Gasteiger partial charge in [0.15, 0.2) is 0 Å². The van der Waals surface area contributed by atoms with Crippen molar-refractivity contribution in [2.75, 3.05) is 13.2 Å². The van der Waals surface area contributed by atoms with Gasteiger partial charge in [0.05, 0.1) is 23.7 Å². The molecule has 26 heavy (non-hydrogen) atoms. The Morgan fingerprint density at radius 3 is 2.46 bits per heavy atom. The van der Waals surface area contributed by atoms with Crippen molar-refractivity contribution >= 4 is 16.1 Å². The maximum Gasteiger partial charge on any atom is 0.338 e. The monoisotopic (exact) mass is 374 g/mol. The SMILES string of the molecule is CCOC(=O)c1ccc2c(c1)CC(COS(=O)(=O)c1ccc(C)cc1)C2. The van der Waals surface area contributed by atoms with Gasteiger partial charge in [-0.2, -0.15) is 8.42 Å². The van der Waals surface area contributed by atoms with Crippen molar-refractivity contribution in [3.05, 3.63) is 64.7 Å². The number of rotatable bonds is 6. The van der Waals surface area contributed by atoms with E-state index >= 15 is 0 Å². The van der Waals surface area contributed by atoms with E-state index in [0.29, 0.717) is 18.6 Å². The molecule has 0 amide bonds. The van der Waals surface area contributed by atoms with Gasteiger partial charge < -0.3 is 4.74 Å². The lowest BCUT2D eigenvalue weighted by Crippen LogP contribution is -2.15. The van der Waals surface area contributed by atoms with Gasteiger partial charge in [0.2, 0.25) is 0 Å². The normalized spacial score (nSPS) is 16.3. The second kappa shape index (κ2) is 7.60. The van der Waals surface area contributed by atoms with Crippen LogP contribution in [0.5, 0.6) is 0 Å². The van der Waals surface area contributed by atoms with Crippen LogP contribution in [0.15, 0.2) is 47.4 Å². The molecule has 1 atom stereocenters. The van der Waals surface area contributed by atoms with Crippen molar-refractivity contribution in [2.24, 2.45) is 5.92 Å². The van der Waals surface area contributed by atoms with Gasteiger partial charge in [0, 0.05) is 0 Å². The van der Waals surface area contributed by atoms with Gasteiger partial charge in [0.25, 0.3) is 10.1 Å². The molecule has 1 aliphatic carbocycles. The van der Waals surface area contributed by atoms with Crippen molar-refractivity contribution in [3.8, 4) is 0 Å². The molecular weight excluding hydrogens is 352 g/mol. The summed E-state index contributed by atoms with van der Waals surface area (Å²) in [6, 6.07) is 12.1. The van der Waals surface area contributed by atoms with Gasteiger partial charge >= 0.3 is 5.97 Å². The summed E-state index contributed by atoms with van der Waals surface area (Å²) in [5.41, 5.74) is 3.70. The van der Waals surface area contributed by atoms with Gasteiger partial charge in [0.1, 0.15) is 0 Å². The molecule has 5 nitrogen and oxygen atoms in total. The van der Waals surface area contributed by atoms with Crippen molar-refractivity contribution in [1.82, 2.24) is 0 Å². The van der Waals surface area contributed by atoms with Crippen LogP contribution in [0.3, 0.4) is 0 Å². The highest BCUT2D eigenvalue weighted by molar-refractivity contribution is 7.86. The summed E-state index contributed by atoms with van der Waals surface area (Å²) < 4.78 is 34.9. The zero-order valence-electron chi connectivity index (χ0n) is 14.9. The number of carbonyl (C=O) groups is 1. The fourth-order valence-electron chi connectivity index (χ4n) is 3.13. The third-order valence-corrected chi connectivity index (χ3v) is 5.80. The highest BCUT2D eigenvalue weighted by Crippen LogP contribution is 2.29. The van der Waals surface area contributed by atoms with Crippen LogP contribution in [0.4, 0.5) is 0 Å². The Hall–Kier alpha value is -2.18. The van der Waals surface area contributed by atoms with Gasteiger partial charge in [-0.1, -0.05) is 23.8 Å². The molecule has 0 fully saturated rings. The fraction of sp³-hybridized carbons (Fsp3) is 0.350. The second-order valence-electron chi connectivity index (χ2n) is 6.53. The molecule has 0 bridgehead atoms. The molecule has 6 heteroatoms. The van der Waals surface area contributed by atoms with Gasteiger partial charge in [-0.25, -0.2) is 4.79 Å². The van der Waals surface area contributed by atoms with Crippen LogP contribution in [-0.4, -0.2) is 27.6 Å². The number of ether oxygens (including phenoxy) is 1. The Kier molecular flexibility index (Phi) is 5.44. The minimum absolute atomic E-state index is 0.0719. The average molecular weight is 374 g/mol. The van der Waals surface area contributed by atoms with Crippen LogP contribution in [0.2, 0.25) is 0 Å². The number of aryl methyl sites for hydroxylation is 1. The van der Waals surface area contributed by atoms with Crippen LogP contribution in [0.1, 0.15) is 34.0 Å². The first-order valence-electron chi connectivity index (χ1n) is 8.64. The standard InChI is InChI=1S/C20H22O5S/c1-3-24-20(21)17-7-6-16-10-15(11-18(16)12-17)13-25-26(22,23)19-8-4-14(2)5-9-19/h4-9,12,15H,3,10-11,13H2,1-2H3. The maximum atomic E-state index is 12.3. The van der Waals surface area contributed by atoms with Crippen LogP contribution in [-0.2, 0) is 31.9 Å². The van der Waals surface area contributed by atoms with Crippen LogP contribution >= 0.6 is 0 Å². The number of fused-ring (bicyclic) bond motifs is 1. The Morgan fingerprint density at radius 1 is 1.08 bits per heavy atom. The molecule has 2 aromatic carbocycles. The smallest absolute Gasteiger partial charge is 0.338 e. The minimum atomic E-state index is -3.75. The lowest BCUT2D eigenvalue weighted by Gasteiger charge is -2.10. The van der Waals surface area contributed by atoms with Crippen molar-refractivity contribution < 1.29 is 22.1 Å². The molecule has 0 aromatic heterocycles. The van der Waals surface area contributed by atoms with E-state index in [2.05, 4.69) is 0 Å². The van der Waals surface area contributed by atoms with E-state index in [-0.39, 0.29) is 23.4 Å². The van der Waals surface area contributed by atoms with Gasteiger partial charge in [-0.15, -0.1) is 0 Å². The van der Waals surface area contributed by atoms with E-state index in [4.69, 9.17) is 8.92 Å². The second-order valence-corrected chi connectivity index (χ2v) is 8.15. The predicted molar refractivity (Wildman–Crippen MR) is 97.6 cm³/mol. The molecule has 2 aromatic rings. The van der Waals surface area contributed by atoms with Crippen molar-refractivity contribution in [1.29, 1.82) is 0 Å². The topological polar surface area (TPSA) is 69.7 Å². The van der Waals surface area contributed by atoms with E-state index in [9.17, 15) is 13.2 Å². The summed E-state index contributed by atoms with van der Waals surface area (Å²) in [6.45, 7) is 4.13. The first-order chi connectivity index (χ1) is 12.4. The lowest BCUT2D eigenvalue weighted by molar-refractivity contribution is 0.0526. The van der Waals surface area contributed by atoms with E-state index in [1.807, 2.05) is 19.1 Å². The zero-order valence-corrected chi connectivity index (χ0v) is 15.7. The van der Waals surface area contributed by atoms with Crippen molar-refractivity contribution in [3.63, 3.8) is 0 Å². The summed E-state index contributed by atoms with van der Waals surface area (Å²) in [7, 11) is -3.75. The average Bonchev–Trinajstić information content (AvgIpc) is 3.03. The fourth-order valence-corrected chi connectivity index (χ4v) is 4.10. The third-order valence-electron chi connectivity index (χ3n) is 4.50. The summed E-state index contributed by atoms with van der Waals surface area (Å²) in [5.74, 6) is -0.264. The van der Waals surface area contributed by atoms with Gasteiger partial charge in [-0.3, -0.25) is 4.18 Å². The number of carbonyl (C=O) groups excluding carboxylic acids is 1. The summed E-state index contributed by atoms with van der Waals surface area (Å²) in [5, 5.41) is 0. The third kappa shape index (κ3) is 4.14. The zero-order chi connectivity index (χ0) is 18.7. The molecule has 0 spiro atoms. The van der Waals surface area contributed by atoms with E-state index < -0.39 is 10.1 Å². The minimum Gasteiger partial charge on any atom is -0.462 e. The first-order valence-corrected chi connectivity index (χ1v) is 10.0. The van der Waals surface area contributed by atoms with Gasteiger partial charge in [-0.05, 0) is 68.0 Å². The lowest BCUT2D eigenvalue weighted by atomic mass is 10.1. The highest BCUT2D eigenvalue weighted by Gasteiger charge is 2.25. The molecule has 0 radical (unpaired) electrons. The molecule has 0 N–H and O–H groups in total. The molecule has 1 aliphatic rings. The number of esters is 1. The molecule has 0 heterocycles. The number of benzene rings is 2. The van der Waals surface area contributed by atoms with Crippen LogP contribution < -0.4 is 0 Å². The Morgan fingerprint density at radius 2 is 1.77 bits per heavy atom. The van der Waals surface area contributed by atoms with E-state index in [1.165, 1.54) is 0 Å². The molecular formula is C20H22O5S. The molecule has 0 saturated carbocycles. The Labute approximate surface area is 154 Å². The summed E-state index contributed by atoms with van der Waals surface area (Å²) >= 11 is 0. The van der Waals surface area contributed by atoms with Crippen LogP contribution in [0.25, 0.3) is 0 Å². The number of hydrogen-bond acceptors (Lipinski definition) is 5. The maximum absolute atomic E-state index is 12.3. The molecule has 1 unspecified atom stereocenters. The molecule has 0 aliphatic heterocycles. The van der Waals surface area contributed by atoms with E-state index in [1.54, 1.807) is 37.3 Å². The van der Waals surface area contributed by atoms with E-state index in [0.717, 1.165) is 23.1 Å².